The molecule has 0 atom stereocenters. The summed E-state index contributed by atoms with van der Waals surface area (Å²) in [5, 5.41) is 12.7. The zero-order valence-electron chi connectivity index (χ0n) is 13.6. The van der Waals surface area contributed by atoms with Crippen molar-refractivity contribution in [2.24, 2.45) is 0 Å². The molecule has 0 amide bonds. The van der Waals surface area contributed by atoms with Gasteiger partial charge in [0.1, 0.15) is 5.69 Å². The molecule has 0 bridgehead atoms. The molecule has 1 heterocycles. The number of benzene rings is 2. The summed E-state index contributed by atoms with van der Waals surface area (Å²) < 4.78 is 0.924. The highest BCUT2D eigenvalue weighted by atomic mass is 80.0. The zero-order chi connectivity index (χ0) is 18.7. The van der Waals surface area contributed by atoms with E-state index in [0.717, 1.165) is 11.1 Å². The highest BCUT2D eigenvalue weighted by molar-refractivity contribution is 9.39. The molecule has 2 aromatic carbocycles. The number of rotatable bonds is 4. The van der Waals surface area contributed by atoms with E-state index in [-0.39, 0.29) is 17.4 Å². The Balaban J connectivity index is 2.19. The van der Waals surface area contributed by atoms with Crippen LogP contribution in [0.3, 0.4) is 0 Å². The summed E-state index contributed by atoms with van der Waals surface area (Å²) in [5.74, 6) is 0.0837. The minimum atomic E-state index is -0.579. The largest absolute Gasteiger partial charge is 0.382 e. The van der Waals surface area contributed by atoms with Gasteiger partial charge in [-0.3, -0.25) is 5.41 Å². The van der Waals surface area contributed by atoms with Gasteiger partial charge in [0.2, 0.25) is 5.62 Å². The summed E-state index contributed by atoms with van der Waals surface area (Å²) in [6, 6.07) is 20.1. The number of nitrogens with one attached hydrogen (secondary N) is 1. The molecule has 0 unspecified atom stereocenters. The fourth-order valence-electron chi connectivity index (χ4n) is 2.74. The number of hydrogen-bond donors (Lipinski definition) is 2. The molecule has 0 radical (unpaired) electrons. The van der Waals surface area contributed by atoms with Crippen LogP contribution in [0.25, 0.3) is 0 Å². The molecule has 0 aliphatic carbocycles. The van der Waals surface area contributed by atoms with E-state index in [4.69, 9.17) is 11.1 Å². The lowest BCUT2D eigenvalue weighted by Crippen LogP contribution is -2.33. The Kier molecular flexibility index (Phi) is 5.94. The van der Waals surface area contributed by atoms with Crippen LogP contribution in [0.15, 0.2) is 60.7 Å². The first kappa shape index (κ1) is 19.3. The molecule has 1 aromatic heterocycles. The Morgan fingerprint density at radius 1 is 0.962 bits per heavy atom. The SMILES string of the molecule is N=c1nc(N)c(C(c2ccccc2)c2ccccc2)nn1CC(Br)(Br)Br. The zero-order valence-corrected chi connectivity index (χ0v) is 18.4. The summed E-state index contributed by atoms with van der Waals surface area (Å²) in [4.78, 5) is 4.21. The predicted octanol–water partition coefficient (Wildman–Crippen LogP) is 4.36. The van der Waals surface area contributed by atoms with E-state index in [1.165, 1.54) is 4.68 Å². The molecule has 0 saturated heterocycles. The molecule has 0 spiro atoms. The summed E-state index contributed by atoms with van der Waals surface area (Å²) in [6.07, 6.45) is 0. The molecule has 134 valence electrons. The van der Waals surface area contributed by atoms with Crippen LogP contribution in [0.5, 0.6) is 0 Å². The van der Waals surface area contributed by atoms with Crippen LogP contribution in [0, 0.1) is 5.41 Å². The van der Waals surface area contributed by atoms with Crippen LogP contribution >= 0.6 is 47.8 Å². The average molecular weight is 542 g/mol. The summed E-state index contributed by atoms with van der Waals surface area (Å²) in [5.41, 5.74) is 8.93. The number of nitrogens with two attached hydrogens (primary N) is 1. The number of anilines is 1. The van der Waals surface area contributed by atoms with Crippen molar-refractivity contribution in [2.45, 2.75) is 14.6 Å². The second-order valence-corrected chi connectivity index (χ2v) is 13.0. The Morgan fingerprint density at radius 3 is 1.92 bits per heavy atom. The lowest BCUT2D eigenvalue weighted by molar-refractivity contribution is 0.548. The van der Waals surface area contributed by atoms with Crippen LogP contribution in [0.2, 0.25) is 0 Å². The first-order valence-corrected chi connectivity index (χ1v) is 10.2. The number of halogens is 3. The number of nitrogens with zero attached hydrogens (tertiary/aromatic N) is 3. The van der Waals surface area contributed by atoms with Crippen LogP contribution in [-0.2, 0) is 6.54 Å². The average Bonchev–Trinajstić information content (AvgIpc) is 2.60. The van der Waals surface area contributed by atoms with Gasteiger partial charge in [-0.25, -0.2) is 4.68 Å². The molecular weight excluding hydrogens is 526 g/mol. The van der Waals surface area contributed by atoms with Gasteiger partial charge in [0, 0.05) is 0 Å². The molecule has 3 rings (SSSR count). The van der Waals surface area contributed by atoms with Crippen molar-refractivity contribution in [3.63, 3.8) is 0 Å². The molecule has 0 saturated carbocycles. The third kappa shape index (κ3) is 4.61. The third-order valence-corrected chi connectivity index (χ3v) is 4.58. The molecule has 0 aliphatic heterocycles. The van der Waals surface area contributed by atoms with Gasteiger partial charge in [-0.1, -0.05) is 108 Å². The van der Waals surface area contributed by atoms with Crippen molar-refractivity contribution in [1.82, 2.24) is 14.8 Å². The Bertz CT molecular complexity index is 897. The maximum Gasteiger partial charge on any atom is 0.240 e. The lowest BCUT2D eigenvalue weighted by Gasteiger charge is -2.21. The van der Waals surface area contributed by atoms with E-state index in [1.54, 1.807) is 0 Å². The Hall–Kier alpha value is -1.51. The third-order valence-electron chi connectivity index (χ3n) is 3.83. The van der Waals surface area contributed by atoms with Gasteiger partial charge in [-0.15, -0.1) is 0 Å². The van der Waals surface area contributed by atoms with E-state index in [9.17, 15) is 0 Å². The molecule has 26 heavy (non-hydrogen) atoms. The lowest BCUT2D eigenvalue weighted by atomic mass is 9.88. The fraction of sp³-hybridized carbons (Fsp3) is 0.167. The first-order chi connectivity index (χ1) is 12.3. The summed E-state index contributed by atoms with van der Waals surface area (Å²) in [6.45, 7) is 0.350. The van der Waals surface area contributed by atoms with Gasteiger partial charge in [0.25, 0.3) is 0 Å². The van der Waals surface area contributed by atoms with E-state index in [2.05, 4.69) is 57.9 Å². The quantitative estimate of drug-likeness (QED) is 0.482. The van der Waals surface area contributed by atoms with Crippen LogP contribution in [-0.4, -0.2) is 16.9 Å². The Labute approximate surface area is 176 Å². The number of nitrogen functional groups attached to an aromatic ring is 1. The monoisotopic (exact) mass is 539 g/mol. The minimum Gasteiger partial charge on any atom is -0.382 e. The second-order valence-electron chi connectivity index (χ2n) is 5.73. The standard InChI is InChI=1S/C18H16Br3N5/c19-18(20,21)11-26-17(23)24-16(22)15(25-26)14(12-7-3-1-4-8-12)13-9-5-2-6-10-13/h1-10,14H,11H2,(H3,22,23,24). The topological polar surface area (TPSA) is 80.6 Å². The van der Waals surface area contributed by atoms with Crippen molar-refractivity contribution in [3.05, 3.63) is 83.1 Å². The van der Waals surface area contributed by atoms with Crippen molar-refractivity contribution < 1.29 is 0 Å². The van der Waals surface area contributed by atoms with Crippen molar-refractivity contribution in [2.75, 3.05) is 5.73 Å². The molecular formula is C18H16Br3N5. The molecule has 3 aromatic rings. The minimum absolute atomic E-state index is 0.00570. The first-order valence-electron chi connectivity index (χ1n) is 7.81. The van der Waals surface area contributed by atoms with E-state index >= 15 is 0 Å². The van der Waals surface area contributed by atoms with Crippen molar-refractivity contribution in [1.29, 1.82) is 5.41 Å². The van der Waals surface area contributed by atoms with Gasteiger partial charge in [0.15, 0.2) is 7.96 Å². The number of alkyl halides is 3. The molecule has 0 fully saturated rings. The van der Waals surface area contributed by atoms with Gasteiger partial charge in [-0.05, 0) is 11.1 Å². The van der Waals surface area contributed by atoms with Gasteiger partial charge >= 0.3 is 0 Å². The van der Waals surface area contributed by atoms with Crippen LogP contribution in [0.4, 0.5) is 5.82 Å². The predicted molar refractivity (Wildman–Crippen MR) is 114 cm³/mol. The van der Waals surface area contributed by atoms with E-state index in [0.29, 0.717) is 12.2 Å². The Morgan fingerprint density at radius 2 is 1.46 bits per heavy atom. The van der Waals surface area contributed by atoms with Crippen molar-refractivity contribution >= 4 is 53.6 Å². The fourth-order valence-corrected chi connectivity index (χ4v) is 3.46. The smallest absolute Gasteiger partial charge is 0.240 e. The maximum absolute atomic E-state index is 8.09. The highest BCUT2D eigenvalue weighted by Crippen LogP contribution is 2.35. The maximum atomic E-state index is 8.09. The van der Waals surface area contributed by atoms with Crippen molar-refractivity contribution in [3.8, 4) is 0 Å². The van der Waals surface area contributed by atoms with E-state index in [1.807, 2.05) is 60.7 Å². The van der Waals surface area contributed by atoms with Gasteiger partial charge in [0.05, 0.1) is 12.5 Å². The molecule has 3 N–H and O–H groups in total. The summed E-state index contributed by atoms with van der Waals surface area (Å²) in [7, 11) is 0. The number of aromatic nitrogens is 3. The molecule has 0 aliphatic rings. The molecule has 5 nitrogen and oxygen atoms in total. The van der Waals surface area contributed by atoms with Crippen LogP contribution in [0.1, 0.15) is 22.7 Å². The van der Waals surface area contributed by atoms with Crippen LogP contribution < -0.4 is 11.4 Å². The molecule has 8 heteroatoms. The highest BCUT2D eigenvalue weighted by Gasteiger charge is 2.25. The van der Waals surface area contributed by atoms with Gasteiger partial charge in [-0.2, -0.15) is 10.1 Å². The summed E-state index contributed by atoms with van der Waals surface area (Å²) >= 11 is 10.3. The van der Waals surface area contributed by atoms with E-state index < -0.39 is 2.14 Å². The number of hydrogen-bond acceptors (Lipinski definition) is 4. The van der Waals surface area contributed by atoms with Gasteiger partial charge < -0.3 is 5.73 Å². The normalized spacial score (nSPS) is 11.7. The second kappa shape index (κ2) is 8.02.